The van der Waals surface area contributed by atoms with Crippen LogP contribution in [-0.2, 0) is 4.79 Å². The topological polar surface area (TPSA) is 71.2 Å². The number of rotatable bonds is 4. The Labute approximate surface area is 97.8 Å². The molecule has 5 nitrogen and oxygen atoms in total. The van der Waals surface area contributed by atoms with Crippen LogP contribution in [0.25, 0.3) is 10.9 Å². The van der Waals surface area contributed by atoms with Gasteiger partial charge < -0.3 is 19.8 Å². The Bertz CT molecular complexity index is 560. The summed E-state index contributed by atoms with van der Waals surface area (Å²) in [6, 6.07) is 7.22. The first-order valence-electron chi connectivity index (χ1n) is 5.14. The van der Waals surface area contributed by atoms with Gasteiger partial charge in [-0.3, -0.25) is 4.79 Å². The summed E-state index contributed by atoms with van der Waals surface area (Å²) in [5.41, 5.74) is 1.23. The second-order valence-corrected chi connectivity index (χ2v) is 3.48. The molecule has 1 amide bonds. The maximum absolute atomic E-state index is 11.6. The number of methoxy groups -OCH3 is 1. The number of ether oxygens (including phenoxy) is 1. The molecule has 0 saturated heterocycles. The molecule has 17 heavy (non-hydrogen) atoms. The fourth-order valence-corrected chi connectivity index (χ4v) is 1.66. The zero-order valence-electron chi connectivity index (χ0n) is 9.32. The van der Waals surface area contributed by atoms with Crippen LogP contribution in [0.3, 0.4) is 0 Å². The molecular formula is C12H12N2O3. The van der Waals surface area contributed by atoms with E-state index >= 15 is 0 Å². The number of H-pyrrole nitrogens is 1. The van der Waals surface area contributed by atoms with E-state index in [1.807, 2.05) is 18.2 Å². The molecule has 1 heterocycles. The predicted octanol–water partition coefficient (Wildman–Crippen LogP) is 1.11. The van der Waals surface area contributed by atoms with Crippen molar-refractivity contribution in [2.24, 2.45) is 0 Å². The number of aldehydes is 1. The van der Waals surface area contributed by atoms with E-state index in [1.54, 1.807) is 13.2 Å². The molecule has 0 fully saturated rings. The van der Waals surface area contributed by atoms with Crippen LogP contribution in [0.5, 0.6) is 5.75 Å². The minimum absolute atomic E-state index is 0.00529. The normalized spacial score (nSPS) is 10.2. The number of nitrogens with one attached hydrogen (secondary N) is 2. The second-order valence-electron chi connectivity index (χ2n) is 3.48. The van der Waals surface area contributed by atoms with E-state index in [0.717, 1.165) is 10.9 Å². The third-order valence-corrected chi connectivity index (χ3v) is 2.43. The fourth-order valence-electron chi connectivity index (χ4n) is 1.66. The number of hydrogen-bond acceptors (Lipinski definition) is 3. The van der Waals surface area contributed by atoms with Crippen molar-refractivity contribution in [3.05, 3.63) is 30.0 Å². The summed E-state index contributed by atoms with van der Waals surface area (Å²) in [6.45, 7) is 0.00529. The molecule has 0 atom stereocenters. The highest BCUT2D eigenvalue weighted by Crippen LogP contribution is 2.25. The van der Waals surface area contributed by atoms with E-state index in [-0.39, 0.29) is 12.5 Å². The number of fused-ring (bicyclic) bond motifs is 1. The first-order valence-corrected chi connectivity index (χ1v) is 5.14. The number of benzene rings is 1. The van der Waals surface area contributed by atoms with Gasteiger partial charge in [0, 0.05) is 10.9 Å². The summed E-state index contributed by atoms with van der Waals surface area (Å²) in [6.07, 6.45) is 0.640. The molecule has 0 saturated carbocycles. The largest absolute Gasteiger partial charge is 0.496 e. The summed E-state index contributed by atoms with van der Waals surface area (Å²) in [5.74, 6) is 0.392. The third kappa shape index (κ3) is 2.13. The Balaban J connectivity index is 2.37. The molecule has 0 unspecified atom stereocenters. The van der Waals surface area contributed by atoms with Gasteiger partial charge in [-0.1, -0.05) is 6.07 Å². The molecule has 88 valence electrons. The zero-order chi connectivity index (χ0) is 12.3. The Morgan fingerprint density at radius 1 is 1.53 bits per heavy atom. The van der Waals surface area contributed by atoms with Gasteiger partial charge in [0.25, 0.3) is 5.91 Å². The van der Waals surface area contributed by atoms with Crippen molar-refractivity contribution in [1.82, 2.24) is 10.3 Å². The number of aromatic nitrogens is 1. The molecule has 0 aliphatic carbocycles. The van der Waals surface area contributed by atoms with Crippen molar-refractivity contribution in [2.45, 2.75) is 0 Å². The molecule has 5 heteroatoms. The minimum atomic E-state index is -0.310. The van der Waals surface area contributed by atoms with Gasteiger partial charge in [0.15, 0.2) is 0 Å². The summed E-state index contributed by atoms with van der Waals surface area (Å²) in [7, 11) is 1.58. The minimum Gasteiger partial charge on any atom is -0.496 e. The molecular weight excluding hydrogens is 220 g/mol. The van der Waals surface area contributed by atoms with Crippen LogP contribution in [0.4, 0.5) is 0 Å². The summed E-state index contributed by atoms with van der Waals surface area (Å²) >= 11 is 0. The highest BCUT2D eigenvalue weighted by molar-refractivity contribution is 6.00. The average molecular weight is 232 g/mol. The van der Waals surface area contributed by atoms with Gasteiger partial charge in [0.05, 0.1) is 13.7 Å². The van der Waals surface area contributed by atoms with Crippen molar-refractivity contribution >= 4 is 23.1 Å². The van der Waals surface area contributed by atoms with Crippen LogP contribution < -0.4 is 10.1 Å². The van der Waals surface area contributed by atoms with E-state index in [0.29, 0.717) is 17.7 Å². The van der Waals surface area contributed by atoms with E-state index < -0.39 is 0 Å². The van der Waals surface area contributed by atoms with Gasteiger partial charge in [-0.25, -0.2) is 0 Å². The van der Waals surface area contributed by atoms with Gasteiger partial charge in [-0.2, -0.15) is 0 Å². The van der Waals surface area contributed by atoms with Crippen LogP contribution in [0.2, 0.25) is 0 Å². The van der Waals surface area contributed by atoms with Crippen LogP contribution >= 0.6 is 0 Å². The summed E-state index contributed by atoms with van der Waals surface area (Å²) in [4.78, 5) is 24.8. The first-order chi connectivity index (χ1) is 8.26. The Morgan fingerprint density at radius 2 is 2.35 bits per heavy atom. The van der Waals surface area contributed by atoms with Crippen LogP contribution in [-0.4, -0.2) is 30.8 Å². The van der Waals surface area contributed by atoms with E-state index in [1.165, 1.54) is 0 Å². The van der Waals surface area contributed by atoms with Crippen molar-refractivity contribution in [3.63, 3.8) is 0 Å². The fraction of sp³-hybridized carbons (Fsp3) is 0.167. The van der Waals surface area contributed by atoms with Gasteiger partial charge in [-0.05, 0) is 18.2 Å². The maximum Gasteiger partial charge on any atom is 0.268 e. The van der Waals surface area contributed by atoms with Gasteiger partial charge in [0.2, 0.25) is 0 Å². The Kier molecular flexibility index (Phi) is 3.09. The molecule has 2 rings (SSSR count). The number of hydrogen-bond donors (Lipinski definition) is 2. The lowest BCUT2D eigenvalue weighted by molar-refractivity contribution is -0.107. The average Bonchev–Trinajstić information content (AvgIpc) is 2.79. The molecule has 2 aromatic rings. The Hall–Kier alpha value is -2.30. The SMILES string of the molecule is COc1cccc2[nH]c(C(=O)NCC=O)cc12. The number of carbonyl (C=O) groups excluding carboxylic acids is 2. The molecule has 0 aliphatic heterocycles. The number of aromatic amines is 1. The van der Waals surface area contributed by atoms with E-state index in [2.05, 4.69) is 10.3 Å². The summed E-state index contributed by atoms with van der Waals surface area (Å²) in [5, 5.41) is 3.31. The number of carbonyl (C=O) groups is 2. The quantitative estimate of drug-likeness (QED) is 0.775. The van der Waals surface area contributed by atoms with Crippen molar-refractivity contribution in [2.75, 3.05) is 13.7 Å². The van der Waals surface area contributed by atoms with Crippen LogP contribution in [0.1, 0.15) is 10.5 Å². The monoisotopic (exact) mass is 232 g/mol. The lowest BCUT2D eigenvalue weighted by Gasteiger charge is -1.99. The van der Waals surface area contributed by atoms with Crippen molar-refractivity contribution in [1.29, 1.82) is 0 Å². The molecule has 0 aliphatic rings. The molecule has 1 aromatic carbocycles. The van der Waals surface area contributed by atoms with E-state index in [9.17, 15) is 9.59 Å². The highest BCUT2D eigenvalue weighted by Gasteiger charge is 2.10. The number of amides is 1. The molecule has 0 bridgehead atoms. The molecule has 1 aromatic heterocycles. The summed E-state index contributed by atoms with van der Waals surface area (Å²) < 4.78 is 5.19. The smallest absolute Gasteiger partial charge is 0.268 e. The molecule has 2 N–H and O–H groups in total. The van der Waals surface area contributed by atoms with Crippen LogP contribution in [0.15, 0.2) is 24.3 Å². The van der Waals surface area contributed by atoms with Crippen LogP contribution in [0, 0.1) is 0 Å². The lowest BCUT2D eigenvalue weighted by Crippen LogP contribution is -2.25. The zero-order valence-corrected chi connectivity index (χ0v) is 9.32. The van der Waals surface area contributed by atoms with Gasteiger partial charge >= 0.3 is 0 Å². The van der Waals surface area contributed by atoms with Crippen molar-refractivity contribution < 1.29 is 14.3 Å². The van der Waals surface area contributed by atoms with Gasteiger partial charge in [0.1, 0.15) is 17.7 Å². The second kappa shape index (κ2) is 4.69. The molecule has 0 spiro atoms. The van der Waals surface area contributed by atoms with E-state index in [4.69, 9.17) is 4.74 Å². The van der Waals surface area contributed by atoms with Crippen molar-refractivity contribution in [3.8, 4) is 5.75 Å². The Morgan fingerprint density at radius 3 is 3.06 bits per heavy atom. The maximum atomic E-state index is 11.6. The van der Waals surface area contributed by atoms with Gasteiger partial charge in [-0.15, -0.1) is 0 Å². The highest BCUT2D eigenvalue weighted by atomic mass is 16.5. The predicted molar refractivity (Wildman–Crippen MR) is 63.2 cm³/mol. The lowest BCUT2D eigenvalue weighted by atomic mass is 10.2. The molecule has 0 radical (unpaired) electrons. The standard InChI is InChI=1S/C12H12N2O3/c1-17-11-4-2-3-9-8(11)7-10(14-9)12(16)13-5-6-15/h2-4,6-7,14H,5H2,1H3,(H,13,16). The first kappa shape index (κ1) is 11.2. The third-order valence-electron chi connectivity index (χ3n) is 2.43.